The highest BCUT2D eigenvalue weighted by molar-refractivity contribution is 7.89. The van der Waals surface area contributed by atoms with Gasteiger partial charge in [0.2, 0.25) is 15.9 Å². The van der Waals surface area contributed by atoms with Crippen LogP contribution in [-0.2, 0) is 21.4 Å². The van der Waals surface area contributed by atoms with Crippen molar-refractivity contribution in [1.29, 1.82) is 0 Å². The molecule has 5 rings (SSSR count). The Morgan fingerprint density at radius 2 is 1.65 bits per heavy atom. The van der Waals surface area contributed by atoms with E-state index >= 15 is 0 Å². The van der Waals surface area contributed by atoms with Crippen molar-refractivity contribution in [3.8, 4) is 0 Å². The zero-order valence-corrected chi connectivity index (χ0v) is 19.9. The minimum atomic E-state index is -3.55. The minimum absolute atomic E-state index is 0.117. The number of carbonyl (C=O) groups excluding carboxylic acids is 1. The second kappa shape index (κ2) is 9.77. The Morgan fingerprint density at radius 3 is 2.38 bits per heavy atom. The standard InChI is InChI=1S/C25H29N5O3S/c31-25(21-8-12-30(13-9-21)34(32,33)23-7-3-10-26-18-23)29-16-14-28(15-17-29)19-22-5-1-4-20-6-2-11-27-24(20)22/h1-7,10-11,18,21H,8-9,12-17,19H2. The number of aromatic nitrogens is 2. The van der Waals surface area contributed by atoms with Crippen LogP contribution in [-0.4, -0.2) is 77.7 Å². The zero-order chi connectivity index (χ0) is 23.5. The molecule has 34 heavy (non-hydrogen) atoms. The maximum Gasteiger partial charge on any atom is 0.244 e. The van der Waals surface area contributed by atoms with Crippen LogP contribution in [0.4, 0.5) is 0 Å². The molecule has 0 atom stereocenters. The Balaban J connectivity index is 1.14. The van der Waals surface area contributed by atoms with Crippen LogP contribution in [0.2, 0.25) is 0 Å². The average molecular weight is 480 g/mol. The van der Waals surface area contributed by atoms with Gasteiger partial charge in [-0.05, 0) is 36.6 Å². The van der Waals surface area contributed by atoms with Crippen LogP contribution in [0.5, 0.6) is 0 Å². The van der Waals surface area contributed by atoms with Crippen LogP contribution in [0, 0.1) is 5.92 Å². The molecule has 3 aromatic rings. The molecule has 2 saturated heterocycles. The summed E-state index contributed by atoms with van der Waals surface area (Å²) < 4.78 is 27.1. The summed E-state index contributed by atoms with van der Waals surface area (Å²) >= 11 is 0. The molecule has 4 heterocycles. The van der Waals surface area contributed by atoms with Crippen LogP contribution in [0.15, 0.2) is 66.0 Å². The summed E-state index contributed by atoms with van der Waals surface area (Å²) in [5, 5.41) is 1.14. The number of pyridine rings is 2. The van der Waals surface area contributed by atoms with Crippen LogP contribution in [0.3, 0.4) is 0 Å². The summed E-state index contributed by atoms with van der Waals surface area (Å²) in [6, 6.07) is 13.5. The van der Waals surface area contributed by atoms with E-state index < -0.39 is 10.0 Å². The number of fused-ring (bicyclic) bond motifs is 1. The Morgan fingerprint density at radius 1 is 0.912 bits per heavy atom. The molecule has 0 saturated carbocycles. The summed E-state index contributed by atoms with van der Waals surface area (Å²) in [5.41, 5.74) is 2.25. The summed E-state index contributed by atoms with van der Waals surface area (Å²) in [7, 11) is -3.55. The average Bonchev–Trinajstić information content (AvgIpc) is 2.89. The van der Waals surface area contributed by atoms with Crippen molar-refractivity contribution in [2.75, 3.05) is 39.3 Å². The Bertz CT molecular complexity index is 1250. The van der Waals surface area contributed by atoms with Crippen molar-refractivity contribution in [3.63, 3.8) is 0 Å². The van der Waals surface area contributed by atoms with Crippen LogP contribution in [0.25, 0.3) is 10.9 Å². The number of amides is 1. The molecule has 8 nitrogen and oxygen atoms in total. The smallest absolute Gasteiger partial charge is 0.244 e. The Kier molecular flexibility index (Phi) is 6.58. The normalized spacial score (nSPS) is 18.9. The molecule has 2 fully saturated rings. The second-order valence-electron chi connectivity index (χ2n) is 8.96. The SMILES string of the molecule is O=C(C1CCN(S(=O)(=O)c2cccnc2)CC1)N1CCN(Cc2cccc3cccnc23)CC1. The number of hydrogen-bond acceptors (Lipinski definition) is 6. The monoisotopic (exact) mass is 479 g/mol. The van der Waals surface area contributed by atoms with E-state index in [-0.39, 0.29) is 16.7 Å². The topological polar surface area (TPSA) is 86.7 Å². The molecular formula is C25H29N5O3S. The van der Waals surface area contributed by atoms with E-state index in [0.717, 1.165) is 30.5 Å². The predicted molar refractivity (Wildman–Crippen MR) is 129 cm³/mol. The number of para-hydroxylation sites is 1. The largest absolute Gasteiger partial charge is 0.340 e. The third-order valence-corrected chi connectivity index (χ3v) is 8.75. The van der Waals surface area contributed by atoms with Crippen LogP contribution >= 0.6 is 0 Å². The number of benzene rings is 1. The highest BCUT2D eigenvalue weighted by atomic mass is 32.2. The fraction of sp³-hybridized carbons (Fsp3) is 0.400. The van der Waals surface area contributed by atoms with Crippen molar-refractivity contribution < 1.29 is 13.2 Å². The van der Waals surface area contributed by atoms with E-state index in [1.807, 2.05) is 17.2 Å². The van der Waals surface area contributed by atoms with E-state index in [4.69, 9.17) is 0 Å². The highest BCUT2D eigenvalue weighted by Crippen LogP contribution is 2.25. The van der Waals surface area contributed by atoms with Crippen molar-refractivity contribution in [1.82, 2.24) is 24.1 Å². The molecule has 1 amide bonds. The number of carbonyl (C=O) groups is 1. The Labute approximate surface area is 200 Å². The van der Waals surface area contributed by atoms with Gasteiger partial charge < -0.3 is 4.90 Å². The van der Waals surface area contributed by atoms with Gasteiger partial charge in [-0.2, -0.15) is 4.31 Å². The predicted octanol–water partition coefficient (Wildman–Crippen LogP) is 2.37. The molecule has 0 radical (unpaired) electrons. The lowest BCUT2D eigenvalue weighted by molar-refractivity contribution is -0.138. The molecule has 0 aliphatic carbocycles. The lowest BCUT2D eigenvalue weighted by atomic mass is 9.96. The van der Waals surface area contributed by atoms with Crippen LogP contribution in [0.1, 0.15) is 18.4 Å². The maximum absolute atomic E-state index is 13.1. The molecule has 0 unspecified atom stereocenters. The molecular weight excluding hydrogens is 450 g/mol. The molecule has 0 bridgehead atoms. The van der Waals surface area contributed by atoms with E-state index in [9.17, 15) is 13.2 Å². The van der Waals surface area contributed by atoms with Crippen molar-refractivity contribution >= 4 is 26.8 Å². The number of hydrogen-bond donors (Lipinski definition) is 0. The van der Waals surface area contributed by atoms with Gasteiger partial charge in [-0.1, -0.05) is 24.3 Å². The van der Waals surface area contributed by atoms with Gasteiger partial charge in [-0.15, -0.1) is 0 Å². The van der Waals surface area contributed by atoms with Gasteiger partial charge in [0.1, 0.15) is 4.90 Å². The molecule has 2 aliphatic rings. The fourth-order valence-electron chi connectivity index (χ4n) is 4.91. The number of nitrogens with zero attached hydrogens (tertiary/aromatic N) is 5. The first-order valence-electron chi connectivity index (χ1n) is 11.8. The molecule has 2 aliphatic heterocycles. The van der Waals surface area contributed by atoms with Crippen LogP contribution < -0.4 is 0 Å². The van der Waals surface area contributed by atoms with E-state index in [2.05, 4.69) is 39.1 Å². The first kappa shape index (κ1) is 22.9. The minimum Gasteiger partial charge on any atom is -0.340 e. The summed E-state index contributed by atoms with van der Waals surface area (Å²) in [5.74, 6) is 0.0408. The third kappa shape index (κ3) is 4.68. The van der Waals surface area contributed by atoms with Gasteiger partial charge >= 0.3 is 0 Å². The number of sulfonamides is 1. The summed E-state index contributed by atoms with van der Waals surface area (Å²) in [4.78, 5) is 26.1. The van der Waals surface area contributed by atoms with Gasteiger partial charge in [0.15, 0.2) is 0 Å². The van der Waals surface area contributed by atoms with Gasteiger partial charge in [0.25, 0.3) is 0 Å². The Hall–Kier alpha value is -2.88. The van der Waals surface area contributed by atoms with E-state index in [1.54, 1.807) is 18.3 Å². The lowest BCUT2D eigenvalue weighted by Crippen LogP contribution is -2.51. The van der Waals surface area contributed by atoms with Gasteiger partial charge in [0, 0.05) is 75.7 Å². The number of piperidine rings is 1. The van der Waals surface area contributed by atoms with Gasteiger partial charge in [-0.25, -0.2) is 8.42 Å². The summed E-state index contributed by atoms with van der Waals surface area (Å²) in [6.45, 7) is 4.59. The molecule has 0 N–H and O–H groups in total. The molecule has 1 aromatic carbocycles. The third-order valence-electron chi connectivity index (χ3n) is 6.87. The van der Waals surface area contributed by atoms with E-state index in [1.165, 1.54) is 16.1 Å². The van der Waals surface area contributed by atoms with E-state index in [0.29, 0.717) is 39.0 Å². The van der Waals surface area contributed by atoms with Crippen molar-refractivity contribution in [3.05, 3.63) is 66.6 Å². The number of piperazine rings is 1. The second-order valence-corrected chi connectivity index (χ2v) is 10.9. The zero-order valence-electron chi connectivity index (χ0n) is 19.1. The highest BCUT2D eigenvalue weighted by Gasteiger charge is 2.34. The van der Waals surface area contributed by atoms with Crippen molar-refractivity contribution in [2.24, 2.45) is 5.92 Å². The lowest BCUT2D eigenvalue weighted by Gasteiger charge is -2.38. The quantitative estimate of drug-likeness (QED) is 0.559. The number of rotatable bonds is 5. The first-order valence-corrected chi connectivity index (χ1v) is 13.2. The first-order chi connectivity index (χ1) is 16.5. The summed E-state index contributed by atoms with van der Waals surface area (Å²) in [6.07, 6.45) is 5.87. The van der Waals surface area contributed by atoms with Crippen molar-refractivity contribution in [2.45, 2.75) is 24.3 Å². The molecule has 0 spiro atoms. The molecule has 178 valence electrons. The van der Waals surface area contributed by atoms with Gasteiger partial charge in [0.05, 0.1) is 5.52 Å². The molecule has 2 aromatic heterocycles. The molecule has 9 heteroatoms. The maximum atomic E-state index is 13.1. The van der Waals surface area contributed by atoms with Gasteiger partial charge in [-0.3, -0.25) is 19.7 Å². The fourth-order valence-corrected chi connectivity index (χ4v) is 6.35.